The lowest BCUT2D eigenvalue weighted by atomic mass is 10.1. The molecule has 0 fully saturated rings. The molecule has 4 heteroatoms. The average Bonchev–Trinajstić information content (AvgIpc) is 2.47. The summed E-state index contributed by atoms with van der Waals surface area (Å²) in [6.45, 7) is 0. The van der Waals surface area contributed by atoms with Crippen LogP contribution in [0.25, 0.3) is 16.5 Å². The number of hydrogen-bond donors (Lipinski definition) is 0. The fourth-order valence-electron chi connectivity index (χ4n) is 1.57. The zero-order valence-corrected chi connectivity index (χ0v) is 10.1. The van der Waals surface area contributed by atoms with Crippen LogP contribution in [0.3, 0.4) is 0 Å². The number of hydrogen-bond acceptors (Lipinski definition) is 2. The molecule has 2 rings (SSSR count). The lowest BCUT2D eigenvalue weighted by Gasteiger charge is -1.96. The van der Waals surface area contributed by atoms with Crippen molar-refractivity contribution in [3.8, 4) is 0 Å². The summed E-state index contributed by atoms with van der Waals surface area (Å²) in [6.07, 6.45) is 3.26. The van der Waals surface area contributed by atoms with Crippen LogP contribution in [0, 0.1) is 0 Å². The molecule has 0 spiro atoms. The minimum atomic E-state index is -0.0419. The number of ketones is 1. The van der Waals surface area contributed by atoms with E-state index in [0.29, 0.717) is 11.3 Å². The first kappa shape index (κ1) is 12.6. The highest BCUT2D eigenvalue weighted by Gasteiger charge is 1.99. The molecule has 2 aromatic rings. The van der Waals surface area contributed by atoms with Crippen molar-refractivity contribution in [3.63, 3.8) is 0 Å². The summed E-state index contributed by atoms with van der Waals surface area (Å²) in [4.78, 5) is 14.5. The Balaban J connectivity index is 2.10. The molecule has 0 radical (unpaired) electrons. The number of rotatable bonds is 4. The Morgan fingerprint density at radius 1 is 1.05 bits per heavy atom. The largest absolute Gasteiger partial charge is 0.289 e. The maximum Gasteiger partial charge on any atom is 0.185 e. The number of azide groups is 1. The second kappa shape index (κ2) is 6.19. The van der Waals surface area contributed by atoms with Crippen molar-refractivity contribution in [1.29, 1.82) is 0 Å². The summed E-state index contributed by atoms with van der Waals surface area (Å²) >= 11 is 0. The lowest BCUT2D eigenvalue weighted by molar-refractivity contribution is 0.104. The van der Waals surface area contributed by atoms with Gasteiger partial charge >= 0.3 is 0 Å². The molecule has 0 aromatic heterocycles. The number of carbonyl (C=O) groups excluding carboxylic acids is 1. The van der Waals surface area contributed by atoms with Crippen molar-refractivity contribution in [2.45, 2.75) is 0 Å². The van der Waals surface area contributed by atoms with E-state index in [1.54, 1.807) is 42.5 Å². The first-order chi connectivity index (χ1) is 9.29. The van der Waals surface area contributed by atoms with Gasteiger partial charge in [0.1, 0.15) is 0 Å². The summed E-state index contributed by atoms with van der Waals surface area (Å²) in [5.74, 6) is -0.0419. The van der Waals surface area contributed by atoms with Gasteiger partial charge in [0.15, 0.2) is 5.78 Å². The number of carbonyl (C=O) groups is 1. The van der Waals surface area contributed by atoms with E-state index in [-0.39, 0.29) is 5.78 Å². The summed E-state index contributed by atoms with van der Waals surface area (Å²) in [5, 5.41) is 3.48. The molecule has 0 saturated heterocycles. The highest BCUT2D eigenvalue weighted by molar-refractivity contribution is 6.06. The predicted octanol–water partition coefficient (Wildman–Crippen LogP) is 4.52. The minimum Gasteiger partial charge on any atom is -0.289 e. The first-order valence-corrected chi connectivity index (χ1v) is 5.72. The van der Waals surface area contributed by atoms with E-state index in [0.717, 1.165) is 5.56 Å². The van der Waals surface area contributed by atoms with Gasteiger partial charge in [-0.25, -0.2) is 0 Å². The highest BCUT2D eigenvalue weighted by Crippen LogP contribution is 2.14. The minimum absolute atomic E-state index is 0.0419. The van der Waals surface area contributed by atoms with Gasteiger partial charge in [-0.05, 0) is 17.2 Å². The van der Waals surface area contributed by atoms with Gasteiger partial charge in [0, 0.05) is 16.2 Å². The summed E-state index contributed by atoms with van der Waals surface area (Å²) < 4.78 is 0. The molecule has 19 heavy (non-hydrogen) atoms. The van der Waals surface area contributed by atoms with Crippen LogP contribution in [0.2, 0.25) is 0 Å². The van der Waals surface area contributed by atoms with E-state index in [4.69, 9.17) is 5.53 Å². The molecule has 0 heterocycles. The Kier molecular flexibility index (Phi) is 4.11. The van der Waals surface area contributed by atoms with Gasteiger partial charge in [0.2, 0.25) is 0 Å². The molecular formula is C15H11N3O. The summed E-state index contributed by atoms with van der Waals surface area (Å²) in [7, 11) is 0. The Hall–Kier alpha value is -2.84. The van der Waals surface area contributed by atoms with Gasteiger partial charge in [-0.15, -0.1) is 0 Å². The number of nitrogens with zero attached hydrogens (tertiary/aromatic N) is 3. The second-order valence-corrected chi connectivity index (χ2v) is 3.84. The molecule has 0 unspecified atom stereocenters. The van der Waals surface area contributed by atoms with Crippen molar-refractivity contribution in [2.75, 3.05) is 0 Å². The van der Waals surface area contributed by atoms with Crippen LogP contribution in [0.15, 0.2) is 65.8 Å². The van der Waals surface area contributed by atoms with Crippen molar-refractivity contribution in [3.05, 3.63) is 82.2 Å². The van der Waals surface area contributed by atoms with E-state index in [1.165, 1.54) is 6.08 Å². The zero-order valence-electron chi connectivity index (χ0n) is 10.1. The molecule has 0 atom stereocenters. The summed E-state index contributed by atoms with van der Waals surface area (Å²) in [6, 6.07) is 16.1. The molecule has 0 N–H and O–H groups in total. The third-order valence-electron chi connectivity index (χ3n) is 2.54. The molecule has 0 aliphatic carbocycles. The lowest BCUT2D eigenvalue weighted by Crippen LogP contribution is -1.92. The van der Waals surface area contributed by atoms with Gasteiger partial charge in [0.25, 0.3) is 0 Å². The van der Waals surface area contributed by atoms with E-state index in [9.17, 15) is 4.79 Å². The van der Waals surface area contributed by atoms with Crippen LogP contribution in [0.5, 0.6) is 0 Å². The van der Waals surface area contributed by atoms with Gasteiger partial charge in [-0.3, -0.25) is 4.79 Å². The van der Waals surface area contributed by atoms with Crippen LogP contribution in [-0.4, -0.2) is 5.78 Å². The maximum absolute atomic E-state index is 11.8. The molecular weight excluding hydrogens is 238 g/mol. The topological polar surface area (TPSA) is 65.8 Å². The zero-order chi connectivity index (χ0) is 13.5. The first-order valence-electron chi connectivity index (χ1n) is 5.72. The highest BCUT2D eigenvalue weighted by atomic mass is 16.1. The smallest absolute Gasteiger partial charge is 0.185 e. The van der Waals surface area contributed by atoms with Crippen LogP contribution >= 0.6 is 0 Å². The third kappa shape index (κ3) is 3.56. The van der Waals surface area contributed by atoms with Gasteiger partial charge < -0.3 is 0 Å². The van der Waals surface area contributed by atoms with Crippen LogP contribution < -0.4 is 0 Å². The molecule has 92 valence electrons. The molecule has 2 aromatic carbocycles. The molecule has 0 aliphatic heterocycles. The van der Waals surface area contributed by atoms with E-state index < -0.39 is 0 Å². The standard InChI is InChI=1S/C15H11N3O/c16-18-17-14-9-6-12(7-10-14)8-11-15(19)13-4-2-1-3-5-13/h1-11H/b11-8+. The molecule has 4 nitrogen and oxygen atoms in total. The quantitative estimate of drug-likeness (QED) is 0.258. The summed E-state index contributed by atoms with van der Waals surface area (Å²) in [5.41, 5.74) is 10.4. The average molecular weight is 249 g/mol. The van der Waals surface area contributed by atoms with Gasteiger partial charge in [-0.2, -0.15) is 0 Å². The van der Waals surface area contributed by atoms with Gasteiger partial charge in [-0.1, -0.05) is 65.8 Å². The Morgan fingerprint density at radius 2 is 1.74 bits per heavy atom. The monoisotopic (exact) mass is 249 g/mol. The van der Waals surface area contributed by atoms with E-state index in [2.05, 4.69) is 10.0 Å². The maximum atomic E-state index is 11.8. The number of benzene rings is 2. The van der Waals surface area contributed by atoms with E-state index >= 15 is 0 Å². The van der Waals surface area contributed by atoms with Crippen molar-refractivity contribution in [1.82, 2.24) is 0 Å². The molecule has 0 saturated carbocycles. The van der Waals surface area contributed by atoms with Crippen LogP contribution in [-0.2, 0) is 0 Å². The Labute approximate surface area is 110 Å². The molecule has 0 aliphatic rings. The molecule has 0 bridgehead atoms. The van der Waals surface area contributed by atoms with Crippen molar-refractivity contribution < 1.29 is 4.79 Å². The predicted molar refractivity (Wildman–Crippen MR) is 75.1 cm³/mol. The fraction of sp³-hybridized carbons (Fsp3) is 0. The van der Waals surface area contributed by atoms with E-state index in [1.807, 2.05) is 18.2 Å². The van der Waals surface area contributed by atoms with Crippen molar-refractivity contribution >= 4 is 17.5 Å². The SMILES string of the molecule is [N-]=[N+]=Nc1ccc(/C=C/C(=O)c2ccccc2)cc1. The number of allylic oxidation sites excluding steroid dienone is 1. The van der Waals surface area contributed by atoms with Crippen LogP contribution in [0.1, 0.15) is 15.9 Å². The fourth-order valence-corrected chi connectivity index (χ4v) is 1.57. The Morgan fingerprint density at radius 3 is 2.37 bits per heavy atom. The Bertz CT molecular complexity index is 639. The normalized spacial score (nSPS) is 10.1. The van der Waals surface area contributed by atoms with Crippen LogP contribution in [0.4, 0.5) is 5.69 Å². The van der Waals surface area contributed by atoms with Gasteiger partial charge in [0.05, 0.1) is 0 Å². The molecule has 0 amide bonds. The third-order valence-corrected chi connectivity index (χ3v) is 2.54. The second-order valence-electron chi connectivity index (χ2n) is 3.84. The van der Waals surface area contributed by atoms with Crippen molar-refractivity contribution in [2.24, 2.45) is 5.11 Å².